The van der Waals surface area contributed by atoms with Crippen LogP contribution < -0.4 is 14.5 Å². The number of rotatable bonds is 11. The topological polar surface area (TPSA) is 150 Å². The van der Waals surface area contributed by atoms with E-state index in [1.807, 2.05) is 0 Å². The fourth-order valence-electron chi connectivity index (χ4n) is 4.08. The minimum absolute atomic E-state index is 0.202. The molecule has 4 rings (SSSR count). The summed E-state index contributed by atoms with van der Waals surface area (Å²) in [4.78, 5) is 27.2. The number of carbonyl (C=O) groups excluding carboxylic acids is 1. The molecule has 40 heavy (non-hydrogen) atoms. The van der Waals surface area contributed by atoms with Gasteiger partial charge in [0.05, 0.1) is 19.0 Å². The number of aryl methyl sites for hydroxylation is 1. The molecule has 0 bridgehead atoms. The molecular weight excluding hydrogens is 546 g/mol. The highest BCUT2D eigenvalue weighted by Gasteiger charge is 2.47. The number of para-hydroxylation sites is 1. The lowest BCUT2D eigenvalue weighted by atomic mass is 10.1. The third-order valence-corrected chi connectivity index (χ3v) is 7.58. The Balaban J connectivity index is 1.53. The number of ether oxygens (including phenoxy) is 2. The molecule has 1 aromatic carbocycles. The monoisotopic (exact) mass is 580 g/mol. The number of imidazole rings is 1. The van der Waals surface area contributed by atoms with Crippen molar-refractivity contribution < 1.29 is 37.4 Å². The number of carbonyl (C=O) groups is 1. The summed E-state index contributed by atoms with van der Waals surface area (Å²) in [6.45, 7) is 5.99. The van der Waals surface area contributed by atoms with Crippen molar-refractivity contribution in [1.82, 2.24) is 24.6 Å². The van der Waals surface area contributed by atoms with Crippen LogP contribution in [-0.2, 0) is 23.4 Å². The van der Waals surface area contributed by atoms with Crippen LogP contribution in [0.4, 0.5) is 10.2 Å². The van der Waals surface area contributed by atoms with Crippen molar-refractivity contribution in [3.63, 3.8) is 0 Å². The van der Waals surface area contributed by atoms with E-state index in [-0.39, 0.29) is 5.75 Å². The Morgan fingerprint density at radius 2 is 1.95 bits per heavy atom. The van der Waals surface area contributed by atoms with Gasteiger partial charge in [0.1, 0.15) is 29.8 Å². The van der Waals surface area contributed by atoms with Crippen molar-refractivity contribution in [3.8, 4) is 5.75 Å². The molecule has 6 atom stereocenters. The van der Waals surface area contributed by atoms with E-state index in [4.69, 9.17) is 18.5 Å². The van der Waals surface area contributed by atoms with Crippen LogP contribution in [0.1, 0.15) is 32.8 Å². The number of fused-ring (bicyclic) bond motifs is 1. The Morgan fingerprint density at radius 3 is 2.60 bits per heavy atom. The summed E-state index contributed by atoms with van der Waals surface area (Å²) in [6.07, 6.45) is -5.07. The minimum atomic E-state index is -4.25. The van der Waals surface area contributed by atoms with Crippen molar-refractivity contribution in [2.24, 2.45) is 0 Å². The highest BCUT2D eigenvalue weighted by Crippen LogP contribution is 2.46. The van der Waals surface area contributed by atoms with Crippen LogP contribution in [0.5, 0.6) is 5.75 Å². The van der Waals surface area contributed by atoms with Gasteiger partial charge in [-0.25, -0.2) is 23.9 Å². The number of benzene rings is 1. The van der Waals surface area contributed by atoms with E-state index in [1.165, 1.54) is 17.8 Å². The van der Waals surface area contributed by atoms with Gasteiger partial charge in [0.2, 0.25) is 0 Å². The van der Waals surface area contributed by atoms with E-state index >= 15 is 4.39 Å². The largest absolute Gasteiger partial charge is 0.462 e. The second kappa shape index (κ2) is 12.1. The van der Waals surface area contributed by atoms with Crippen LogP contribution in [0, 0.1) is 6.92 Å². The molecule has 218 valence electrons. The molecule has 3 aromatic rings. The molecule has 3 heterocycles. The van der Waals surface area contributed by atoms with Crippen LogP contribution in [0.2, 0.25) is 0 Å². The number of anilines is 1. The fraction of sp³-hybridized carbons (Fsp3) is 0.520. The number of aliphatic hydroxyl groups is 1. The van der Waals surface area contributed by atoms with E-state index in [2.05, 4.69) is 20.0 Å². The van der Waals surface area contributed by atoms with Gasteiger partial charge in [-0.3, -0.25) is 13.9 Å². The molecule has 1 aliphatic heterocycles. The smallest absolute Gasteiger partial charge is 0.459 e. The number of nitrogens with zero attached hydrogens (tertiary/aromatic N) is 5. The zero-order chi connectivity index (χ0) is 29.2. The Bertz CT molecular complexity index is 1370. The summed E-state index contributed by atoms with van der Waals surface area (Å²) < 4.78 is 52.7. The van der Waals surface area contributed by atoms with E-state index < -0.39 is 57.1 Å². The molecule has 0 spiro atoms. The number of hydrogen-bond donors (Lipinski definition) is 2. The van der Waals surface area contributed by atoms with Crippen molar-refractivity contribution in [1.29, 1.82) is 0 Å². The molecule has 0 radical (unpaired) electrons. The van der Waals surface area contributed by atoms with Gasteiger partial charge in [-0.15, -0.1) is 0 Å². The first-order valence-corrected chi connectivity index (χ1v) is 14.3. The number of hydrogen-bond acceptors (Lipinski definition) is 11. The molecule has 2 N–H and O–H groups in total. The summed E-state index contributed by atoms with van der Waals surface area (Å²) in [5.74, 6) is 0.527. The zero-order valence-electron chi connectivity index (χ0n) is 23.1. The summed E-state index contributed by atoms with van der Waals surface area (Å²) in [7, 11) is -0.646. The Kier molecular flexibility index (Phi) is 9.06. The first kappa shape index (κ1) is 29.8. The van der Waals surface area contributed by atoms with Crippen LogP contribution in [0.15, 0.2) is 36.7 Å². The first-order valence-electron chi connectivity index (χ1n) is 12.7. The highest BCUT2D eigenvalue weighted by molar-refractivity contribution is 7.52. The molecule has 0 amide bonds. The Labute approximate surface area is 231 Å². The molecule has 1 saturated heterocycles. The molecular formula is C25H34FN6O7P. The van der Waals surface area contributed by atoms with Crippen molar-refractivity contribution >= 4 is 30.7 Å². The normalized spacial score (nSPS) is 23.2. The molecule has 0 unspecified atom stereocenters. The molecule has 0 aliphatic carbocycles. The predicted molar refractivity (Wildman–Crippen MR) is 144 cm³/mol. The zero-order valence-corrected chi connectivity index (χ0v) is 24.0. The maximum absolute atomic E-state index is 15.4. The van der Waals surface area contributed by atoms with Crippen LogP contribution in [0.25, 0.3) is 11.2 Å². The van der Waals surface area contributed by atoms with Gasteiger partial charge in [0.15, 0.2) is 29.4 Å². The highest BCUT2D eigenvalue weighted by atomic mass is 31.2. The molecule has 13 nitrogen and oxygen atoms in total. The standard InChI is InChI=1S/C25H34FN6O7P/c1-14(2)37-25(34)15(3)30-40(35,39-17-10-8-7-9-11-17)36-12-18-21(33)19(26)24(38-18)32-13-27-20-22(31(5)6)28-16(4)29-23(20)32/h7-11,13-15,18-19,21,24,33H,12H2,1-6H3,(H,30,35)/t15-,18+,19-,21+,24+,40+/m0/s1. The SMILES string of the molecule is Cc1nc(N(C)C)c2ncn([C@@H]3O[C@H](CO[P@](=O)(N[C@@H](C)C(=O)OC(C)C)Oc4ccccc4)[C@@H](O)[C@@H]3F)c2n1. The Hall–Kier alpha value is -3.16. The predicted octanol–water partition coefficient (Wildman–Crippen LogP) is 2.93. The number of halogens is 1. The van der Waals surface area contributed by atoms with E-state index in [1.54, 1.807) is 70.1 Å². The summed E-state index contributed by atoms with van der Waals surface area (Å²) in [6, 6.07) is 7.12. The average molecular weight is 581 g/mol. The van der Waals surface area contributed by atoms with Gasteiger partial charge in [0.25, 0.3) is 0 Å². The maximum atomic E-state index is 15.4. The van der Waals surface area contributed by atoms with Gasteiger partial charge in [-0.2, -0.15) is 5.09 Å². The lowest BCUT2D eigenvalue weighted by Gasteiger charge is -2.25. The second-order valence-electron chi connectivity index (χ2n) is 9.85. The first-order chi connectivity index (χ1) is 18.9. The lowest BCUT2D eigenvalue weighted by Crippen LogP contribution is -2.37. The summed E-state index contributed by atoms with van der Waals surface area (Å²) >= 11 is 0. The van der Waals surface area contributed by atoms with Gasteiger partial charge in [-0.05, 0) is 39.8 Å². The molecule has 0 saturated carbocycles. The number of nitrogens with one attached hydrogen (secondary N) is 1. The minimum Gasteiger partial charge on any atom is -0.462 e. The van der Waals surface area contributed by atoms with Crippen LogP contribution >= 0.6 is 7.75 Å². The number of aliphatic hydroxyl groups excluding tert-OH is 1. The molecule has 1 fully saturated rings. The van der Waals surface area contributed by atoms with Gasteiger partial charge in [-0.1, -0.05) is 18.2 Å². The summed E-state index contributed by atoms with van der Waals surface area (Å²) in [5.41, 5.74) is 0.766. The molecule has 2 aromatic heterocycles. The van der Waals surface area contributed by atoms with Gasteiger partial charge < -0.3 is 24.0 Å². The summed E-state index contributed by atoms with van der Waals surface area (Å²) in [5, 5.41) is 13.2. The maximum Gasteiger partial charge on any atom is 0.459 e. The van der Waals surface area contributed by atoms with Gasteiger partial charge in [0, 0.05) is 14.1 Å². The number of aromatic nitrogens is 4. The number of alkyl halides is 1. The third kappa shape index (κ3) is 6.58. The van der Waals surface area contributed by atoms with Crippen molar-refractivity contribution in [2.45, 2.75) is 64.4 Å². The van der Waals surface area contributed by atoms with E-state index in [0.717, 1.165) is 0 Å². The average Bonchev–Trinajstić information content (AvgIpc) is 3.42. The fourth-order valence-corrected chi connectivity index (χ4v) is 5.58. The number of esters is 1. The molecule has 1 aliphatic rings. The third-order valence-electron chi connectivity index (χ3n) is 5.94. The molecule has 15 heteroatoms. The van der Waals surface area contributed by atoms with Crippen LogP contribution in [-0.4, -0.2) is 81.8 Å². The van der Waals surface area contributed by atoms with Gasteiger partial charge >= 0.3 is 13.7 Å². The van der Waals surface area contributed by atoms with E-state index in [9.17, 15) is 14.5 Å². The second-order valence-corrected chi connectivity index (χ2v) is 11.5. The lowest BCUT2D eigenvalue weighted by molar-refractivity contribution is -0.149. The Morgan fingerprint density at radius 1 is 1.25 bits per heavy atom. The van der Waals surface area contributed by atoms with E-state index in [0.29, 0.717) is 22.8 Å². The van der Waals surface area contributed by atoms with Crippen molar-refractivity contribution in [3.05, 3.63) is 42.5 Å². The quantitative estimate of drug-likeness (QED) is 0.254. The van der Waals surface area contributed by atoms with Crippen LogP contribution in [0.3, 0.4) is 0 Å². The van der Waals surface area contributed by atoms with Crippen molar-refractivity contribution in [2.75, 3.05) is 25.6 Å².